The van der Waals surface area contributed by atoms with Crippen LogP contribution in [0.15, 0.2) is 53.4 Å². The molecule has 1 saturated heterocycles. The van der Waals surface area contributed by atoms with Crippen molar-refractivity contribution >= 4 is 33.2 Å². The summed E-state index contributed by atoms with van der Waals surface area (Å²) in [5.41, 5.74) is -0.0626. The van der Waals surface area contributed by atoms with Gasteiger partial charge in [0.15, 0.2) is 4.90 Å². The van der Waals surface area contributed by atoms with E-state index in [1.807, 2.05) is 6.07 Å². The summed E-state index contributed by atoms with van der Waals surface area (Å²) >= 11 is 5.75. The van der Waals surface area contributed by atoms with Gasteiger partial charge in [0.2, 0.25) is 10.0 Å². The molecule has 0 radical (unpaired) electrons. The van der Waals surface area contributed by atoms with E-state index in [0.29, 0.717) is 24.9 Å². The van der Waals surface area contributed by atoms with E-state index in [1.54, 1.807) is 29.2 Å². The molecule has 2 aromatic rings. The SMILES string of the molecule is O=C(c1ccccc1)N1CCCC(NS(=O)(=O)c2ccc(Cl)cc2[N+](=O)[O-])C1. The molecule has 0 saturated carbocycles. The molecule has 0 aromatic heterocycles. The van der Waals surface area contributed by atoms with Crippen LogP contribution in [-0.4, -0.2) is 43.3 Å². The fourth-order valence-electron chi connectivity index (χ4n) is 3.16. The summed E-state index contributed by atoms with van der Waals surface area (Å²) in [5, 5.41) is 11.3. The van der Waals surface area contributed by atoms with Crippen LogP contribution >= 0.6 is 11.6 Å². The topological polar surface area (TPSA) is 110 Å². The third kappa shape index (κ3) is 4.49. The van der Waals surface area contributed by atoms with Crippen LogP contribution in [0.2, 0.25) is 5.02 Å². The highest BCUT2D eigenvalue weighted by atomic mass is 35.5. The number of carbonyl (C=O) groups excluding carboxylic acids is 1. The highest BCUT2D eigenvalue weighted by Crippen LogP contribution is 2.27. The molecule has 0 spiro atoms. The van der Waals surface area contributed by atoms with Gasteiger partial charge in [0, 0.05) is 35.8 Å². The summed E-state index contributed by atoms with van der Waals surface area (Å²) in [5.74, 6) is -0.179. The second-order valence-electron chi connectivity index (χ2n) is 6.45. The molecule has 28 heavy (non-hydrogen) atoms. The number of amides is 1. The Hall–Kier alpha value is -2.49. The van der Waals surface area contributed by atoms with Gasteiger partial charge in [-0.15, -0.1) is 0 Å². The van der Waals surface area contributed by atoms with E-state index in [-0.39, 0.29) is 17.5 Å². The van der Waals surface area contributed by atoms with Crippen molar-refractivity contribution in [3.8, 4) is 0 Å². The molecule has 1 aliphatic heterocycles. The minimum Gasteiger partial charge on any atom is -0.337 e. The number of hydrogen-bond donors (Lipinski definition) is 1. The molecule has 2 aromatic carbocycles. The quantitative estimate of drug-likeness (QED) is 0.587. The molecule has 0 aliphatic carbocycles. The number of halogens is 1. The normalized spacial score (nSPS) is 17.3. The second-order valence-corrected chi connectivity index (χ2v) is 8.57. The van der Waals surface area contributed by atoms with Gasteiger partial charge < -0.3 is 4.90 Å². The van der Waals surface area contributed by atoms with Gasteiger partial charge in [0.25, 0.3) is 11.6 Å². The summed E-state index contributed by atoms with van der Waals surface area (Å²) in [6.45, 7) is 0.710. The summed E-state index contributed by atoms with van der Waals surface area (Å²) in [6, 6.07) is 11.6. The number of nitro benzene ring substituents is 1. The van der Waals surface area contributed by atoms with E-state index in [2.05, 4.69) is 4.72 Å². The maximum Gasteiger partial charge on any atom is 0.290 e. The fraction of sp³-hybridized carbons (Fsp3) is 0.278. The minimum absolute atomic E-state index is 0.0722. The highest BCUT2D eigenvalue weighted by Gasteiger charge is 2.31. The van der Waals surface area contributed by atoms with Crippen LogP contribution in [0.25, 0.3) is 0 Å². The van der Waals surface area contributed by atoms with Crippen molar-refractivity contribution in [1.82, 2.24) is 9.62 Å². The summed E-state index contributed by atoms with van der Waals surface area (Å²) in [7, 11) is -4.15. The van der Waals surface area contributed by atoms with E-state index < -0.39 is 31.6 Å². The Balaban J connectivity index is 1.78. The molecular formula is C18H18ClN3O5S. The van der Waals surface area contributed by atoms with Crippen molar-refractivity contribution in [2.45, 2.75) is 23.8 Å². The van der Waals surface area contributed by atoms with Crippen LogP contribution in [0, 0.1) is 10.1 Å². The third-order valence-corrected chi connectivity index (χ3v) is 6.26. The largest absolute Gasteiger partial charge is 0.337 e. The molecule has 148 valence electrons. The average Bonchev–Trinajstić information content (AvgIpc) is 2.67. The number of nitrogens with zero attached hydrogens (tertiary/aromatic N) is 2. The Labute approximate surface area is 167 Å². The molecule has 1 unspecified atom stereocenters. The molecule has 1 amide bonds. The average molecular weight is 424 g/mol. The lowest BCUT2D eigenvalue weighted by Crippen LogP contribution is -2.49. The van der Waals surface area contributed by atoms with Crippen molar-refractivity contribution < 1.29 is 18.1 Å². The number of sulfonamides is 1. The Morgan fingerprint density at radius 1 is 1.21 bits per heavy atom. The van der Waals surface area contributed by atoms with Gasteiger partial charge in [0.1, 0.15) is 0 Å². The number of carbonyl (C=O) groups is 1. The van der Waals surface area contributed by atoms with Gasteiger partial charge >= 0.3 is 0 Å². The van der Waals surface area contributed by atoms with Gasteiger partial charge in [-0.05, 0) is 37.1 Å². The van der Waals surface area contributed by atoms with Crippen molar-refractivity contribution in [1.29, 1.82) is 0 Å². The van der Waals surface area contributed by atoms with Crippen LogP contribution in [0.3, 0.4) is 0 Å². The predicted octanol–water partition coefficient (Wildman–Crippen LogP) is 2.83. The van der Waals surface area contributed by atoms with E-state index in [1.165, 1.54) is 6.07 Å². The number of benzene rings is 2. The maximum atomic E-state index is 12.7. The molecular weight excluding hydrogens is 406 g/mol. The van der Waals surface area contributed by atoms with Crippen LogP contribution in [0.1, 0.15) is 23.2 Å². The smallest absolute Gasteiger partial charge is 0.290 e. The van der Waals surface area contributed by atoms with Crippen LogP contribution in [-0.2, 0) is 10.0 Å². The lowest BCUT2D eigenvalue weighted by Gasteiger charge is -2.33. The second kappa shape index (κ2) is 8.26. The van der Waals surface area contributed by atoms with Crippen LogP contribution in [0.5, 0.6) is 0 Å². The molecule has 1 fully saturated rings. The Bertz CT molecular complexity index is 998. The van der Waals surface area contributed by atoms with Crippen molar-refractivity contribution in [2.24, 2.45) is 0 Å². The van der Waals surface area contributed by atoms with E-state index in [4.69, 9.17) is 11.6 Å². The zero-order valence-electron chi connectivity index (χ0n) is 14.7. The van der Waals surface area contributed by atoms with Gasteiger partial charge in [-0.3, -0.25) is 14.9 Å². The van der Waals surface area contributed by atoms with Gasteiger partial charge in [0.05, 0.1) is 4.92 Å². The van der Waals surface area contributed by atoms with E-state index in [0.717, 1.165) is 12.1 Å². The molecule has 1 heterocycles. The third-order valence-electron chi connectivity index (χ3n) is 4.46. The monoisotopic (exact) mass is 423 g/mol. The first kappa shape index (κ1) is 20.2. The fourth-order valence-corrected chi connectivity index (χ4v) is 4.74. The predicted molar refractivity (Wildman–Crippen MR) is 104 cm³/mol. The number of nitro groups is 1. The summed E-state index contributed by atoms with van der Waals surface area (Å²) < 4.78 is 27.9. The first-order valence-corrected chi connectivity index (χ1v) is 10.4. The number of piperidine rings is 1. The van der Waals surface area contributed by atoms with Gasteiger partial charge in [-0.2, -0.15) is 0 Å². The first-order chi connectivity index (χ1) is 13.3. The van der Waals surface area contributed by atoms with Crippen LogP contribution in [0.4, 0.5) is 5.69 Å². The van der Waals surface area contributed by atoms with Crippen LogP contribution < -0.4 is 4.72 Å². The molecule has 1 N–H and O–H groups in total. The molecule has 0 bridgehead atoms. The van der Waals surface area contributed by atoms with Crippen molar-refractivity contribution in [3.63, 3.8) is 0 Å². The summed E-state index contributed by atoms with van der Waals surface area (Å²) in [6.07, 6.45) is 1.15. The Kier molecular flexibility index (Phi) is 5.97. The minimum atomic E-state index is -4.15. The number of nitrogens with one attached hydrogen (secondary N) is 1. The summed E-state index contributed by atoms with van der Waals surface area (Å²) in [4.78, 5) is 24.2. The van der Waals surface area contributed by atoms with Gasteiger partial charge in [-0.25, -0.2) is 13.1 Å². The molecule has 8 nitrogen and oxygen atoms in total. The van der Waals surface area contributed by atoms with Crippen molar-refractivity contribution in [2.75, 3.05) is 13.1 Å². The standard InChI is InChI=1S/C18H18ClN3O5S/c19-14-8-9-17(16(11-14)22(24)25)28(26,27)20-15-7-4-10-21(12-15)18(23)13-5-2-1-3-6-13/h1-3,5-6,8-9,11,15,20H,4,7,10,12H2. The Morgan fingerprint density at radius 3 is 2.61 bits per heavy atom. The highest BCUT2D eigenvalue weighted by molar-refractivity contribution is 7.89. The first-order valence-electron chi connectivity index (χ1n) is 8.58. The number of likely N-dealkylation sites (tertiary alicyclic amines) is 1. The molecule has 10 heteroatoms. The Morgan fingerprint density at radius 2 is 1.93 bits per heavy atom. The zero-order chi connectivity index (χ0) is 20.3. The lowest BCUT2D eigenvalue weighted by molar-refractivity contribution is -0.387. The maximum absolute atomic E-state index is 12.7. The zero-order valence-corrected chi connectivity index (χ0v) is 16.3. The van der Waals surface area contributed by atoms with E-state index >= 15 is 0 Å². The number of rotatable bonds is 5. The molecule has 3 rings (SSSR count). The molecule has 1 aliphatic rings. The van der Waals surface area contributed by atoms with Crippen molar-refractivity contribution in [3.05, 3.63) is 69.2 Å². The molecule has 1 atom stereocenters. The number of hydrogen-bond acceptors (Lipinski definition) is 5. The van der Waals surface area contributed by atoms with Gasteiger partial charge in [-0.1, -0.05) is 29.8 Å². The lowest BCUT2D eigenvalue weighted by atomic mass is 10.1. The van der Waals surface area contributed by atoms with E-state index in [9.17, 15) is 23.3 Å².